The molecule has 1 nitrogen and oxygen atoms in total. The minimum Gasteiger partial charge on any atom is -0.299 e. The van der Waals surface area contributed by atoms with Gasteiger partial charge in [0, 0.05) is 11.8 Å². The fourth-order valence-electron chi connectivity index (χ4n) is 5.27. The maximum Gasteiger partial charge on any atom is 0.139 e. The first-order valence-electron chi connectivity index (χ1n) is 7.66. The molecule has 0 heterocycles. The zero-order valence-corrected chi connectivity index (χ0v) is 11.4. The van der Waals surface area contributed by atoms with Gasteiger partial charge in [0.25, 0.3) is 0 Å². The summed E-state index contributed by atoms with van der Waals surface area (Å²) >= 11 is 0. The molecular formula is C16H26O. The van der Waals surface area contributed by atoms with Crippen molar-refractivity contribution in [2.24, 2.45) is 29.1 Å². The molecule has 3 fully saturated rings. The summed E-state index contributed by atoms with van der Waals surface area (Å²) in [6.07, 6.45) is 10.3. The summed E-state index contributed by atoms with van der Waals surface area (Å²) in [6, 6.07) is 0. The van der Waals surface area contributed by atoms with E-state index in [1.165, 1.54) is 51.4 Å². The Balaban J connectivity index is 1.94. The Morgan fingerprint density at radius 3 is 1.71 bits per heavy atom. The van der Waals surface area contributed by atoms with Crippen molar-refractivity contribution in [2.45, 2.75) is 65.2 Å². The third-order valence-electron chi connectivity index (χ3n) is 6.17. The number of carbonyl (C=O) groups excluding carboxylic acids is 1. The smallest absolute Gasteiger partial charge is 0.139 e. The van der Waals surface area contributed by atoms with Crippen LogP contribution in [-0.2, 0) is 4.79 Å². The zero-order chi connectivity index (χ0) is 12.0. The second kappa shape index (κ2) is 4.10. The van der Waals surface area contributed by atoms with Crippen LogP contribution in [0.2, 0.25) is 0 Å². The summed E-state index contributed by atoms with van der Waals surface area (Å²) in [5.74, 6) is 2.92. The summed E-state index contributed by atoms with van der Waals surface area (Å²) < 4.78 is 0. The van der Waals surface area contributed by atoms with Crippen LogP contribution in [0, 0.1) is 29.1 Å². The van der Waals surface area contributed by atoms with Crippen molar-refractivity contribution in [3.63, 3.8) is 0 Å². The van der Waals surface area contributed by atoms with Gasteiger partial charge in [0.15, 0.2) is 0 Å². The lowest BCUT2D eigenvalue weighted by Gasteiger charge is -2.55. The van der Waals surface area contributed by atoms with E-state index in [0.717, 1.165) is 0 Å². The summed E-state index contributed by atoms with van der Waals surface area (Å²) in [5, 5.41) is 0. The number of Topliss-reactive ketones (excluding diaryl/α,β-unsaturated/α-hetero) is 1. The lowest BCUT2D eigenvalue weighted by molar-refractivity contribution is -0.150. The first kappa shape index (κ1) is 11.7. The molecule has 3 rings (SSSR count). The molecule has 1 heteroatoms. The molecule has 3 saturated carbocycles. The molecule has 0 aromatic carbocycles. The lowest BCUT2D eigenvalue weighted by Crippen LogP contribution is -2.53. The van der Waals surface area contributed by atoms with Gasteiger partial charge in [-0.3, -0.25) is 4.79 Å². The van der Waals surface area contributed by atoms with Gasteiger partial charge in [-0.25, -0.2) is 0 Å². The lowest BCUT2D eigenvalue weighted by atomic mass is 9.48. The van der Waals surface area contributed by atoms with Gasteiger partial charge in [-0.1, -0.05) is 39.5 Å². The standard InChI is InChI=1S/C16H26O/c1-16(2)13-9-5-3-7-11(13)15(17)12-8-4-6-10-14(12)16/h11-14H,3-10H2,1-2H3. The summed E-state index contributed by atoms with van der Waals surface area (Å²) in [4.78, 5) is 12.7. The maximum absolute atomic E-state index is 12.7. The van der Waals surface area contributed by atoms with Crippen LogP contribution in [-0.4, -0.2) is 5.78 Å². The fourth-order valence-corrected chi connectivity index (χ4v) is 5.27. The number of hydrogen-bond donors (Lipinski definition) is 0. The number of carbonyl (C=O) groups is 1. The Morgan fingerprint density at radius 2 is 1.24 bits per heavy atom. The Kier molecular flexibility index (Phi) is 2.83. The van der Waals surface area contributed by atoms with Gasteiger partial charge in [0.1, 0.15) is 5.78 Å². The molecular weight excluding hydrogens is 208 g/mol. The molecule has 0 saturated heterocycles. The fraction of sp³-hybridized carbons (Fsp3) is 0.938. The molecule has 4 atom stereocenters. The third kappa shape index (κ3) is 1.69. The van der Waals surface area contributed by atoms with Crippen molar-refractivity contribution in [3.05, 3.63) is 0 Å². The highest BCUT2D eigenvalue weighted by molar-refractivity contribution is 5.85. The topological polar surface area (TPSA) is 17.1 Å². The second-order valence-corrected chi connectivity index (χ2v) is 7.22. The van der Waals surface area contributed by atoms with E-state index >= 15 is 0 Å². The maximum atomic E-state index is 12.7. The highest BCUT2D eigenvalue weighted by atomic mass is 16.1. The second-order valence-electron chi connectivity index (χ2n) is 7.22. The third-order valence-corrected chi connectivity index (χ3v) is 6.17. The predicted octanol–water partition coefficient (Wildman–Crippen LogP) is 4.21. The van der Waals surface area contributed by atoms with Crippen molar-refractivity contribution in [1.82, 2.24) is 0 Å². The van der Waals surface area contributed by atoms with Gasteiger partial charge in [0.2, 0.25) is 0 Å². The molecule has 4 unspecified atom stereocenters. The highest BCUT2D eigenvalue weighted by Crippen LogP contribution is 2.57. The van der Waals surface area contributed by atoms with Crippen molar-refractivity contribution < 1.29 is 4.79 Å². The van der Waals surface area contributed by atoms with Gasteiger partial charge in [-0.2, -0.15) is 0 Å². The van der Waals surface area contributed by atoms with Crippen LogP contribution < -0.4 is 0 Å². The summed E-state index contributed by atoms with van der Waals surface area (Å²) in [7, 11) is 0. The van der Waals surface area contributed by atoms with E-state index in [0.29, 0.717) is 34.9 Å². The van der Waals surface area contributed by atoms with Gasteiger partial charge in [-0.05, 0) is 42.9 Å². The van der Waals surface area contributed by atoms with E-state index in [9.17, 15) is 4.79 Å². The van der Waals surface area contributed by atoms with Crippen LogP contribution in [0.3, 0.4) is 0 Å². The van der Waals surface area contributed by atoms with Crippen LogP contribution in [0.1, 0.15) is 65.2 Å². The first-order valence-corrected chi connectivity index (χ1v) is 7.66. The minimum absolute atomic E-state index is 0.421. The van der Waals surface area contributed by atoms with E-state index in [1.807, 2.05) is 0 Å². The average molecular weight is 234 g/mol. The molecule has 17 heavy (non-hydrogen) atoms. The number of rotatable bonds is 0. The van der Waals surface area contributed by atoms with Crippen LogP contribution >= 0.6 is 0 Å². The number of fused-ring (bicyclic) bond motifs is 2. The summed E-state index contributed by atoms with van der Waals surface area (Å²) in [6.45, 7) is 4.93. The molecule has 3 aliphatic carbocycles. The quantitative estimate of drug-likeness (QED) is 0.613. The molecule has 0 bridgehead atoms. The molecule has 0 N–H and O–H groups in total. The Hall–Kier alpha value is -0.330. The van der Waals surface area contributed by atoms with Crippen LogP contribution in [0.5, 0.6) is 0 Å². The van der Waals surface area contributed by atoms with Gasteiger partial charge in [-0.15, -0.1) is 0 Å². The van der Waals surface area contributed by atoms with Crippen molar-refractivity contribution in [2.75, 3.05) is 0 Å². The van der Waals surface area contributed by atoms with Crippen molar-refractivity contribution in [1.29, 1.82) is 0 Å². The van der Waals surface area contributed by atoms with E-state index in [2.05, 4.69) is 13.8 Å². The minimum atomic E-state index is 0.421. The molecule has 96 valence electrons. The van der Waals surface area contributed by atoms with Crippen LogP contribution in [0.25, 0.3) is 0 Å². The normalized spacial score (nSPS) is 44.9. The van der Waals surface area contributed by atoms with Crippen molar-refractivity contribution in [3.8, 4) is 0 Å². The zero-order valence-electron chi connectivity index (χ0n) is 11.4. The van der Waals surface area contributed by atoms with Gasteiger partial charge < -0.3 is 0 Å². The molecule has 0 aromatic rings. The summed E-state index contributed by atoms with van der Waals surface area (Å²) in [5.41, 5.74) is 0.421. The SMILES string of the molecule is CC1(C)C2CCCCC2C(=O)C2CCCCC21. The first-order chi connectivity index (χ1) is 8.12. The molecule has 0 radical (unpaired) electrons. The molecule has 0 amide bonds. The van der Waals surface area contributed by atoms with E-state index in [4.69, 9.17) is 0 Å². The molecule has 0 aliphatic heterocycles. The average Bonchev–Trinajstić information content (AvgIpc) is 2.37. The predicted molar refractivity (Wildman–Crippen MR) is 69.7 cm³/mol. The van der Waals surface area contributed by atoms with Gasteiger partial charge >= 0.3 is 0 Å². The van der Waals surface area contributed by atoms with Crippen molar-refractivity contribution >= 4 is 5.78 Å². The van der Waals surface area contributed by atoms with E-state index in [1.54, 1.807) is 0 Å². The monoisotopic (exact) mass is 234 g/mol. The Labute approximate surface area is 105 Å². The number of hydrogen-bond acceptors (Lipinski definition) is 1. The van der Waals surface area contributed by atoms with E-state index in [-0.39, 0.29) is 0 Å². The molecule has 0 spiro atoms. The van der Waals surface area contributed by atoms with Crippen LogP contribution in [0.15, 0.2) is 0 Å². The Morgan fingerprint density at radius 1 is 0.824 bits per heavy atom. The van der Waals surface area contributed by atoms with Crippen LogP contribution in [0.4, 0.5) is 0 Å². The highest BCUT2D eigenvalue weighted by Gasteiger charge is 2.54. The largest absolute Gasteiger partial charge is 0.299 e. The van der Waals surface area contributed by atoms with E-state index < -0.39 is 0 Å². The number of ketones is 1. The van der Waals surface area contributed by atoms with Gasteiger partial charge in [0.05, 0.1) is 0 Å². The molecule has 3 aliphatic rings. The molecule has 0 aromatic heterocycles. The Bertz CT molecular complexity index is 289.